The van der Waals surface area contributed by atoms with Gasteiger partial charge in [0.25, 0.3) is 0 Å². The van der Waals surface area contributed by atoms with Crippen molar-refractivity contribution in [1.29, 1.82) is 0 Å². The van der Waals surface area contributed by atoms with Gasteiger partial charge in [0.1, 0.15) is 0 Å². The molecular formula is C27H23Cl2N5OS. The molecule has 1 saturated heterocycles. The Kier molecular flexibility index (Phi) is 7.23. The lowest BCUT2D eigenvalue weighted by Gasteiger charge is -2.29. The number of carbonyl (C=O) groups excluding carboxylic acids is 1. The van der Waals surface area contributed by atoms with Crippen molar-refractivity contribution in [2.75, 3.05) is 11.9 Å². The number of aromatic nitrogens is 2. The van der Waals surface area contributed by atoms with E-state index >= 15 is 0 Å². The maximum atomic E-state index is 12.7. The highest BCUT2D eigenvalue weighted by Gasteiger charge is 2.41. The van der Waals surface area contributed by atoms with Crippen LogP contribution in [0.25, 0.3) is 5.69 Å². The number of rotatable bonds is 7. The first-order valence-corrected chi connectivity index (χ1v) is 12.6. The summed E-state index contributed by atoms with van der Waals surface area (Å²) in [6.07, 6.45) is 3.99. The molecule has 0 saturated carbocycles. The van der Waals surface area contributed by atoms with E-state index in [4.69, 9.17) is 35.4 Å². The van der Waals surface area contributed by atoms with Crippen LogP contribution in [0, 0.1) is 0 Å². The van der Waals surface area contributed by atoms with Gasteiger partial charge in [-0.05, 0) is 66.8 Å². The van der Waals surface area contributed by atoms with Crippen LogP contribution in [0.4, 0.5) is 5.69 Å². The van der Waals surface area contributed by atoms with Crippen LogP contribution < -0.4 is 10.6 Å². The Morgan fingerprint density at radius 2 is 1.83 bits per heavy atom. The van der Waals surface area contributed by atoms with Crippen molar-refractivity contribution in [2.45, 2.75) is 18.5 Å². The molecule has 2 N–H and O–H groups in total. The molecule has 0 aliphatic carbocycles. The number of anilines is 1. The smallest absolute Gasteiger partial charge is 0.226 e. The Hall–Kier alpha value is -3.39. The number of carbonyl (C=O) groups is 1. The van der Waals surface area contributed by atoms with Crippen LogP contribution in [0.3, 0.4) is 0 Å². The van der Waals surface area contributed by atoms with Crippen LogP contribution in [0.15, 0.2) is 91.3 Å². The van der Waals surface area contributed by atoms with Gasteiger partial charge in [-0.1, -0.05) is 47.5 Å². The van der Waals surface area contributed by atoms with Crippen molar-refractivity contribution in [3.63, 3.8) is 0 Å². The van der Waals surface area contributed by atoms with E-state index in [0.717, 1.165) is 22.8 Å². The summed E-state index contributed by atoms with van der Waals surface area (Å²) in [7, 11) is 0. The van der Waals surface area contributed by atoms with Crippen molar-refractivity contribution in [3.05, 3.63) is 113 Å². The zero-order valence-corrected chi connectivity index (χ0v) is 21.5. The number of thiocarbonyl (C=S) groups is 1. The van der Waals surface area contributed by atoms with Gasteiger partial charge in [0, 0.05) is 41.8 Å². The summed E-state index contributed by atoms with van der Waals surface area (Å²) in [5.74, 6) is -0.0832. The van der Waals surface area contributed by atoms with Gasteiger partial charge in [-0.25, -0.2) is 0 Å². The molecule has 182 valence electrons. The standard InChI is InChI=1S/C27H23Cl2N5OS/c28-18-11-12-22(20(29)17-18)33-15-6-10-23(33)26-25(21-9-4-5-14-30-21)32-27(36)34(26)16-13-24(35)31-19-7-2-1-3-8-19/h1-12,14-15,17,25-26H,13,16H2,(H,31,35)(H,32,36)/t25-,26+/m0/s1. The summed E-state index contributed by atoms with van der Waals surface area (Å²) in [6, 6.07) is 24.2. The molecule has 0 bridgehead atoms. The number of pyridine rings is 1. The third-order valence-electron chi connectivity index (χ3n) is 6.09. The first-order valence-electron chi connectivity index (χ1n) is 11.5. The number of hydrogen-bond donors (Lipinski definition) is 2. The lowest BCUT2D eigenvalue weighted by atomic mass is 10.0. The highest BCUT2D eigenvalue weighted by atomic mass is 35.5. The van der Waals surface area contributed by atoms with Crippen molar-refractivity contribution in [1.82, 2.24) is 19.8 Å². The third-order valence-corrected chi connectivity index (χ3v) is 6.98. The van der Waals surface area contributed by atoms with Crippen LogP contribution in [-0.2, 0) is 4.79 Å². The van der Waals surface area contributed by atoms with Crippen LogP contribution in [-0.4, -0.2) is 32.0 Å². The quantitative estimate of drug-likeness (QED) is 0.276. The van der Waals surface area contributed by atoms with Crippen LogP contribution in [0.2, 0.25) is 10.0 Å². The molecule has 0 radical (unpaired) electrons. The second-order valence-electron chi connectivity index (χ2n) is 8.38. The average molecular weight is 536 g/mol. The molecule has 1 aliphatic rings. The number of nitrogens with one attached hydrogen (secondary N) is 2. The molecule has 1 fully saturated rings. The third kappa shape index (κ3) is 5.09. The average Bonchev–Trinajstić information content (AvgIpc) is 3.48. The maximum absolute atomic E-state index is 12.7. The summed E-state index contributed by atoms with van der Waals surface area (Å²) in [4.78, 5) is 19.4. The topological polar surface area (TPSA) is 62.2 Å². The van der Waals surface area contributed by atoms with Crippen LogP contribution >= 0.6 is 35.4 Å². The molecule has 0 spiro atoms. The minimum Gasteiger partial charge on any atom is -0.352 e. The number of hydrogen-bond acceptors (Lipinski definition) is 3. The van der Waals surface area contributed by atoms with E-state index in [9.17, 15) is 4.79 Å². The Balaban J connectivity index is 1.47. The van der Waals surface area contributed by atoms with Crippen LogP contribution in [0.1, 0.15) is 29.9 Å². The Morgan fingerprint density at radius 3 is 2.58 bits per heavy atom. The van der Waals surface area contributed by atoms with Gasteiger partial charge < -0.3 is 20.1 Å². The van der Waals surface area contributed by atoms with Gasteiger partial charge in [0.15, 0.2) is 5.11 Å². The molecule has 36 heavy (non-hydrogen) atoms. The normalized spacial score (nSPS) is 17.2. The summed E-state index contributed by atoms with van der Waals surface area (Å²) in [6.45, 7) is 0.429. The van der Waals surface area contributed by atoms with Gasteiger partial charge in [-0.3, -0.25) is 9.78 Å². The molecular weight excluding hydrogens is 513 g/mol. The molecule has 4 aromatic rings. The number of para-hydroxylation sites is 1. The minimum atomic E-state index is -0.223. The van der Waals surface area contributed by atoms with Gasteiger partial charge in [-0.15, -0.1) is 0 Å². The fourth-order valence-electron chi connectivity index (χ4n) is 4.47. The molecule has 1 aliphatic heterocycles. The second kappa shape index (κ2) is 10.7. The van der Waals surface area contributed by atoms with Crippen molar-refractivity contribution < 1.29 is 4.79 Å². The Bertz CT molecular complexity index is 1380. The van der Waals surface area contributed by atoms with Crippen molar-refractivity contribution >= 4 is 52.1 Å². The minimum absolute atomic E-state index is 0.0832. The van der Waals surface area contributed by atoms with E-state index in [-0.39, 0.29) is 24.4 Å². The monoisotopic (exact) mass is 535 g/mol. The number of benzene rings is 2. The van der Waals surface area contributed by atoms with E-state index in [1.54, 1.807) is 12.3 Å². The van der Waals surface area contributed by atoms with E-state index in [0.29, 0.717) is 21.7 Å². The second-order valence-corrected chi connectivity index (χ2v) is 9.61. The Morgan fingerprint density at radius 1 is 1.03 bits per heavy atom. The largest absolute Gasteiger partial charge is 0.352 e. The zero-order chi connectivity index (χ0) is 25.1. The lowest BCUT2D eigenvalue weighted by molar-refractivity contribution is -0.116. The van der Waals surface area contributed by atoms with E-state index in [1.807, 2.05) is 83.6 Å². The molecule has 6 nitrogen and oxygen atoms in total. The zero-order valence-electron chi connectivity index (χ0n) is 19.1. The van der Waals surface area contributed by atoms with E-state index in [2.05, 4.69) is 20.5 Å². The number of nitrogens with zero attached hydrogens (tertiary/aromatic N) is 3. The summed E-state index contributed by atoms with van der Waals surface area (Å²) >= 11 is 18.5. The number of halogens is 2. The summed E-state index contributed by atoms with van der Waals surface area (Å²) in [5, 5.41) is 8.05. The SMILES string of the molecule is O=C(CCN1C(=S)N[C@@H](c2ccccn2)[C@H]1c1cccn1-c1ccc(Cl)cc1Cl)Nc1ccccc1. The van der Waals surface area contributed by atoms with Gasteiger partial charge in [-0.2, -0.15) is 0 Å². The predicted molar refractivity (Wildman–Crippen MR) is 148 cm³/mol. The summed E-state index contributed by atoms with van der Waals surface area (Å²) < 4.78 is 2.03. The van der Waals surface area contributed by atoms with Crippen molar-refractivity contribution in [3.8, 4) is 5.69 Å². The molecule has 9 heteroatoms. The Labute approximate surface area is 224 Å². The van der Waals surface area contributed by atoms with E-state index < -0.39 is 0 Å². The number of amides is 1. The first kappa shape index (κ1) is 24.3. The molecule has 0 unspecified atom stereocenters. The maximum Gasteiger partial charge on any atom is 0.226 e. The van der Waals surface area contributed by atoms with Gasteiger partial charge in [0.2, 0.25) is 5.91 Å². The highest BCUT2D eigenvalue weighted by Crippen LogP contribution is 2.40. The first-order chi connectivity index (χ1) is 17.5. The fraction of sp³-hybridized carbons (Fsp3) is 0.148. The van der Waals surface area contributed by atoms with Crippen molar-refractivity contribution in [2.24, 2.45) is 0 Å². The fourth-order valence-corrected chi connectivity index (χ4v) is 5.30. The molecule has 2 aromatic carbocycles. The van der Waals surface area contributed by atoms with E-state index in [1.165, 1.54) is 0 Å². The molecule has 3 heterocycles. The van der Waals surface area contributed by atoms with Crippen LogP contribution in [0.5, 0.6) is 0 Å². The molecule has 2 atom stereocenters. The van der Waals surface area contributed by atoms with Gasteiger partial charge >= 0.3 is 0 Å². The molecule has 5 rings (SSSR count). The summed E-state index contributed by atoms with van der Waals surface area (Å²) in [5.41, 5.74) is 3.39. The molecule has 2 aromatic heterocycles. The lowest BCUT2D eigenvalue weighted by Crippen LogP contribution is -2.33. The highest BCUT2D eigenvalue weighted by molar-refractivity contribution is 7.80. The predicted octanol–water partition coefficient (Wildman–Crippen LogP) is 6.18. The van der Waals surface area contributed by atoms with Gasteiger partial charge in [0.05, 0.1) is 28.5 Å². The molecule has 1 amide bonds.